The van der Waals surface area contributed by atoms with E-state index in [0.717, 1.165) is 44.5 Å². The Hall–Kier alpha value is -1.96. The van der Waals surface area contributed by atoms with Gasteiger partial charge < -0.3 is 15.2 Å². The number of anilines is 1. The summed E-state index contributed by atoms with van der Waals surface area (Å²) in [6.45, 7) is 6.16. The molecule has 1 aromatic rings. The molecule has 0 unspecified atom stereocenters. The second kappa shape index (κ2) is 6.66. The Morgan fingerprint density at radius 1 is 1.48 bits per heavy atom. The number of nitrogen functional groups attached to an aromatic ring is 1. The summed E-state index contributed by atoms with van der Waals surface area (Å²) in [4.78, 5) is 14.4. The second-order valence-corrected chi connectivity index (χ2v) is 5.94. The van der Waals surface area contributed by atoms with E-state index >= 15 is 0 Å². The largest absolute Gasteiger partial charge is 0.397 e. The molecule has 2 heterocycles. The molecule has 2 N–H and O–H groups in total. The van der Waals surface area contributed by atoms with E-state index in [4.69, 9.17) is 5.73 Å². The van der Waals surface area contributed by atoms with E-state index in [2.05, 4.69) is 19.9 Å². The normalized spacial score (nSPS) is 16.0. The number of nitrogens with two attached hydrogens (primary N) is 1. The zero-order valence-corrected chi connectivity index (χ0v) is 12.9. The number of hydrogen-bond donors (Lipinski definition) is 1. The number of carbonyl (C=O) groups is 1. The fourth-order valence-corrected chi connectivity index (χ4v) is 2.89. The molecule has 1 fully saturated rings. The quantitative estimate of drug-likeness (QED) is 0.922. The fourth-order valence-electron chi connectivity index (χ4n) is 2.89. The van der Waals surface area contributed by atoms with Gasteiger partial charge in [-0.05, 0) is 31.2 Å². The van der Waals surface area contributed by atoms with Gasteiger partial charge in [0.05, 0.1) is 5.69 Å². The van der Waals surface area contributed by atoms with Crippen molar-refractivity contribution in [3.63, 3.8) is 0 Å². The molecule has 1 saturated heterocycles. The van der Waals surface area contributed by atoms with Crippen LogP contribution in [-0.4, -0.2) is 28.5 Å². The Morgan fingerprint density at radius 2 is 2.14 bits per heavy atom. The lowest BCUT2D eigenvalue weighted by Crippen LogP contribution is -2.40. The lowest BCUT2D eigenvalue weighted by Gasteiger charge is -2.30. The van der Waals surface area contributed by atoms with Crippen molar-refractivity contribution in [3.05, 3.63) is 17.5 Å². The maximum absolute atomic E-state index is 12.5. The third kappa shape index (κ3) is 3.38. The Bertz CT molecular complexity index is 547. The molecule has 1 aromatic heterocycles. The van der Waals surface area contributed by atoms with Crippen LogP contribution in [0.5, 0.6) is 0 Å². The van der Waals surface area contributed by atoms with Crippen LogP contribution in [0.25, 0.3) is 0 Å². The highest BCUT2D eigenvalue weighted by Gasteiger charge is 2.22. The first kappa shape index (κ1) is 15.4. The Kier molecular flexibility index (Phi) is 4.89. The molecule has 0 atom stereocenters. The summed E-state index contributed by atoms with van der Waals surface area (Å²) in [6, 6.07) is 3.82. The minimum atomic E-state index is 0.0892. The standard InChI is InChI=1S/C16H24N4O/c1-3-4-15-14(18)9-13(10-17)20(15)11-16(21)19-7-5-12(2)6-8-19/h9,12H,3-8,11,18H2,1-2H3. The highest BCUT2D eigenvalue weighted by molar-refractivity contribution is 5.77. The smallest absolute Gasteiger partial charge is 0.242 e. The van der Waals surface area contributed by atoms with E-state index in [1.54, 1.807) is 10.6 Å². The van der Waals surface area contributed by atoms with Gasteiger partial charge in [-0.15, -0.1) is 0 Å². The number of carbonyl (C=O) groups excluding carboxylic acids is 1. The fraction of sp³-hybridized carbons (Fsp3) is 0.625. The summed E-state index contributed by atoms with van der Waals surface area (Å²) in [7, 11) is 0. The van der Waals surface area contributed by atoms with Gasteiger partial charge in [0.1, 0.15) is 18.3 Å². The van der Waals surface area contributed by atoms with Crippen molar-refractivity contribution in [2.24, 2.45) is 5.92 Å². The van der Waals surface area contributed by atoms with Crippen LogP contribution in [0.4, 0.5) is 5.69 Å². The van der Waals surface area contributed by atoms with Crippen molar-refractivity contribution >= 4 is 11.6 Å². The van der Waals surface area contributed by atoms with Crippen molar-refractivity contribution in [1.29, 1.82) is 5.26 Å². The summed E-state index contributed by atoms with van der Waals surface area (Å²) < 4.78 is 1.79. The van der Waals surface area contributed by atoms with Crippen molar-refractivity contribution in [2.45, 2.75) is 46.1 Å². The zero-order valence-electron chi connectivity index (χ0n) is 12.9. The molecule has 5 heteroatoms. The molecule has 0 spiro atoms. The van der Waals surface area contributed by atoms with Crippen LogP contribution in [0.1, 0.15) is 44.5 Å². The number of rotatable bonds is 4. The minimum Gasteiger partial charge on any atom is -0.397 e. The maximum Gasteiger partial charge on any atom is 0.242 e. The monoisotopic (exact) mass is 288 g/mol. The van der Waals surface area contributed by atoms with E-state index < -0.39 is 0 Å². The van der Waals surface area contributed by atoms with Crippen LogP contribution in [0.2, 0.25) is 0 Å². The SMILES string of the molecule is CCCc1c(N)cc(C#N)n1CC(=O)N1CCC(C)CC1. The van der Waals surface area contributed by atoms with Gasteiger partial charge in [-0.3, -0.25) is 4.79 Å². The predicted octanol–water partition coefficient (Wildman–Crippen LogP) is 2.15. The lowest BCUT2D eigenvalue weighted by molar-refractivity contribution is -0.133. The third-order valence-electron chi connectivity index (χ3n) is 4.27. The molecule has 0 radical (unpaired) electrons. The number of aromatic nitrogens is 1. The van der Waals surface area contributed by atoms with Gasteiger partial charge in [0.2, 0.25) is 5.91 Å². The molecule has 1 aliphatic rings. The highest BCUT2D eigenvalue weighted by Crippen LogP contribution is 2.21. The average molecular weight is 288 g/mol. The molecule has 2 rings (SSSR count). The first-order chi connectivity index (χ1) is 10.1. The number of amides is 1. The zero-order chi connectivity index (χ0) is 15.4. The van der Waals surface area contributed by atoms with E-state index in [0.29, 0.717) is 17.3 Å². The van der Waals surface area contributed by atoms with Crippen LogP contribution in [0.15, 0.2) is 6.07 Å². The number of likely N-dealkylation sites (tertiary alicyclic amines) is 1. The topological polar surface area (TPSA) is 75.0 Å². The van der Waals surface area contributed by atoms with Crippen LogP contribution in [0.3, 0.4) is 0 Å². The van der Waals surface area contributed by atoms with Gasteiger partial charge in [0.15, 0.2) is 0 Å². The third-order valence-corrected chi connectivity index (χ3v) is 4.27. The molecule has 1 amide bonds. The molecule has 114 valence electrons. The average Bonchev–Trinajstić information content (AvgIpc) is 2.76. The number of nitriles is 1. The Balaban J connectivity index is 2.15. The first-order valence-electron chi connectivity index (χ1n) is 7.72. The first-order valence-corrected chi connectivity index (χ1v) is 7.72. The van der Waals surface area contributed by atoms with Crippen molar-refractivity contribution < 1.29 is 4.79 Å². The van der Waals surface area contributed by atoms with Gasteiger partial charge in [-0.2, -0.15) is 5.26 Å². The van der Waals surface area contributed by atoms with Gasteiger partial charge in [-0.25, -0.2) is 0 Å². The van der Waals surface area contributed by atoms with Crippen molar-refractivity contribution in [1.82, 2.24) is 9.47 Å². The summed E-state index contributed by atoms with van der Waals surface area (Å²) in [5.74, 6) is 0.785. The predicted molar refractivity (Wildman–Crippen MR) is 82.5 cm³/mol. The van der Waals surface area contributed by atoms with E-state index in [1.165, 1.54) is 0 Å². The van der Waals surface area contributed by atoms with Crippen LogP contribution in [0, 0.1) is 17.2 Å². The number of hydrogen-bond acceptors (Lipinski definition) is 3. The van der Waals surface area contributed by atoms with Crippen molar-refractivity contribution in [3.8, 4) is 6.07 Å². The molecule has 0 aromatic carbocycles. The maximum atomic E-state index is 12.5. The summed E-state index contributed by atoms with van der Waals surface area (Å²) in [5.41, 5.74) is 7.99. The Morgan fingerprint density at radius 3 is 2.71 bits per heavy atom. The molecule has 1 aliphatic heterocycles. The van der Waals surface area contributed by atoms with Gasteiger partial charge in [-0.1, -0.05) is 20.3 Å². The molecular weight excluding hydrogens is 264 g/mol. The van der Waals surface area contributed by atoms with E-state index in [-0.39, 0.29) is 12.5 Å². The Labute approximate surface area is 126 Å². The van der Waals surface area contributed by atoms with Crippen LogP contribution in [-0.2, 0) is 17.8 Å². The van der Waals surface area contributed by atoms with Gasteiger partial charge in [0.25, 0.3) is 0 Å². The van der Waals surface area contributed by atoms with Crippen LogP contribution < -0.4 is 5.73 Å². The number of nitrogens with zero attached hydrogens (tertiary/aromatic N) is 3. The van der Waals surface area contributed by atoms with Gasteiger partial charge in [0, 0.05) is 18.8 Å². The molecule has 21 heavy (non-hydrogen) atoms. The molecule has 5 nitrogen and oxygen atoms in total. The van der Waals surface area contributed by atoms with Crippen molar-refractivity contribution in [2.75, 3.05) is 18.8 Å². The molecule has 0 aliphatic carbocycles. The van der Waals surface area contributed by atoms with Crippen LogP contribution >= 0.6 is 0 Å². The number of piperidine rings is 1. The molecule has 0 saturated carbocycles. The summed E-state index contributed by atoms with van der Waals surface area (Å²) >= 11 is 0. The second-order valence-electron chi connectivity index (χ2n) is 5.94. The van der Waals surface area contributed by atoms with Gasteiger partial charge >= 0.3 is 0 Å². The molecule has 0 bridgehead atoms. The van der Waals surface area contributed by atoms with E-state index in [1.807, 2.05) is 4.90 Å². The summed E-state index contributed by atoms with van der Waals surface area (Å²) in [5, 5.41) is 9.23. The summed E-state index contributed by atoms with van der Waals surface area (Å²) in [6.07, 6.45) is 3.85. The van der Waals surface area contributed by atoms with E-state index in [9.17, 15) is 10.1 Å². The molecular formula is C16H24N4O. The highest BCUT2D eigenvalue weighted by atomic mass is 16.2. The minimum absolute atomic E-state index is 0.0892. The lowest BCUT2D eigenvalue weighted by atomic mass is 9.99.